The minimum Gasteiger partial charge on any atom is -0.490 e. The van der Waals surface area contributed by atoms with Crippen molar-refractivity contribution in [2.24, 2.45) is 10.8 Å². The highest BCUT2D eigenvalue weighted by Gasteiger charge is 2.33. The lowest BCUT2D eigenvalue weighted by Crippen LogP contribution is -2.52. The Bertz CT molecular complexity index is 1040. The molecule has 1 aromatic carbocycles. The van der Waals surface area contributed by atoms with Crippen LogP contribution in [0.2, 0.25) is 0 Å². The monoisotopic (exact) mass is 450 g/mol. The van der Waals surface area contributed by atoms with Gasteiger partial charge in [-0.2, -0.15) is 0 Å². The maximum absolute atomic E-state index is 6.22. The first-order valence-electron chi connectivity index (χ1n) is 11.9. The van der Waals surface area contributed by atoms with Gasteiger partial charge in [-0.05, 0) is 36.5 Å². The smallest absolute Gasteiger partial charge is 0.177 e. The van der Waals surface area contributed by atoms with E-state index in [4.69, 9.17) is 14.2 Å². The first kappa shape index (κ1) is 22.4. The van der Waals surface area contributed by atoms with Gasteiger partial charge in [0.15, 0.2) is 6.29 Å². The summed E-state index contributed by atoms with van der Waals surface area (Å²) in [6.07, 6.45) is 4.11. The normalized spacial score (nSPS) is 22.3. The topological polar surface area (TPSA) is 61.6 Å². The first-order valence-corrected chi connectivity index (χ1v) is 11.9. The Morgan fingerprint density at radius 3 is 2.55 bits per heavy atom. The Kier molecular flexibility index (Phi) is 5.94. The van der Waals surface area contributed by atoms with Crippen molar-refractivity contribution in [3.63, 3.8) is 0 Å². The molecule has 7 heteroatoms. The number of likely N-dealkylation sites (tertiary alicyclic amines) is 1. The maximum atomic E-state index is 6.22. The Hall–Kier alpha value is -2.40. The van der Waals surface area contributed by atoms with Crippen molar-refractivity contribution in [3.8, 4) is 28.8 Å². The van der Waals surface area contributed by atoms with Gasteiger partial charge >= 0.3 is 0 Å². The van der Waals surface area contributed by atoms with Crippen LogP contribution in [0.3, 0.4) is 0 Å². The molecule has 2 aromatic rings. The number of rotatable bonds is 6. The molecule has 0 unspecified atom stereocenters. The summed E-state index contributed by atoms with van der Waals surface area (Å²) in [5.74, 6) is 7.44. The zero-order chi connectivity index (χ0) is 23.1. The number of benzene rings is 1. The van der Waals surface area contributed by atoms with Gasteiger partial charge in [0.25, 0.3) is 0 Å². The van der Waals surface area contributed by atoms with E-state index in [2.05, 4.69) is 54.7 Å². The van der Waals surface area contributed by atoms with Gasteiger partial charge in [-0.15, -0.1) is 5.10 Å². The molecule has 0 radical (unpaired) electrons. The third-order valence-electron chi connectivity index (χ3n) is 6.11. The van der Waals surface area contributed by atoms with E-state index in [1.165, 1.54) is 0 Å². The summed E-state index contributed by atoms with van der Waals surface area (Å²) in [6.45, 7) is 13.8. The molecule has 2 aliphatic heterocycles. The molecule has 3 heterocycles. The van der Waals surface area contributed by atoms with Gasteiger partial charge in [0.2, 0.25) is 0 Å². The van der Waals surface area contributed by atoms with E-state index in [-0.39, 0.29) is 17.8 Å². The van der Waals surface area contributed by atoms with E-state index in [0.29, 0.717) is 25.2 Å². The molecule has 0 atom stereocenters. The molecule has 1 aromatic heterocycles. The Balaban J connectivity index is 1.27. The van der Waals surface area contributed by atoms with Crippen LogP contribution in [0.1, 0.15) is 46.1 Å². The van der Waals surface area contributed by atoms with E-state index in [9.17, 15) is 0 Å². The van der Waals surface area contributed by atoms with E-state index in [1.54, 1.807) is 4.68 Å². The summed E-state index contributed by atoms with van der Waals surface area (Å²) in [4.78, 5) is 2.38. The Labute approximate surface area is 196 Å². The highest BCUT2D eigenvalue weighted by molar-refractivity contribution is 5.68. The molecule has 0 spiro atoms. The largest absolute Gasteiger partial charge is 0.490 e. The highest BCUT2D eigenvalue weighted by atomic mass is 16.7. The predicted octanol–water partition coefficient (Wildman–Crippen LogP) is 3.58. The molecule has 0 amide bonds. The fourth-order valence-electron chi connectivity index (χ4n) is 4.30. The van der Waals surface area contributed by atoms with Crippen LogP contribution >= 0.6 is 0 Å². The van der Waals surface area contributed by atoms with Crippen molar-refractivity contribution in [2.75, 3.05) is 32.8 Å². The van der Waals surface area contributed by atoms with Gasteiger partial charge in [-0.1, -0.05) is 44.7 Å². The van der Waals surface area contributed by atoms with Gasteiger partial charge in [0.05, 0.1) is 38.6 Å². The van der Waals surface area contributed by atoms with Crippen LogP contribution in [0.4, 0.5) is 0 Å². The predicted molar refractivity (Wildman–Crippen MR) is 126 cm³/mol. The third kappa shape index (κ3) is 5.75. The second-order valence-corrected chi connectivity index (χ2v) is 11.2. The van der Waals surface area contributed by atoms with Gasteiger partial charge in [-0.3, -0.25) is 4.90 Å². The molecule has 3 fully saturated rings. The third-order valence-corrected chi connectivity index (χ3v) is 6.11. The van der Waals surface area contributed by atoms with Crippen LogP contribution in [0.5, 0.6) is 5.75 Å². The average molecular weight is 451 g/mol. The second-order valence-electron chi connectivity index (χ2n) is 11.2. The van der Waals surface area contributed by atoms with Gasteiger partial charge < -0.3 is 14.2 Å². The Morgan fingerprint density at radius 2 is 1.85 bits per heavy atom. The molecule has 33 heavy (non-hydrogen) atoms. The lowest BCUT2D eigenvalue weighted by molar-refractivity contribution is -0.227. The number of aromatic nitrogens is 3. The molecule has 0 bridgehead atoms. The zero-order valence-corrected chi connectivity index (χ0v) is 20.1. The first-order chi connectivity index (χ1) is 15.7. The van der Waals surface area contributed by atoms with Crippen LogP contribution in [0.25, 0.3) is 11.3 Å². The molecular weight excluding hydrogens is 416 g/mol. The van der Waals surface area contributed by atoms with Crippen LogP contribution in [0, 0.1) is 22.7 Å². The van der Waals surface area contributed by atoms with Crippen molar-refractivity contribution in [1.29, 1.82) is 0 Å². The summed E-state index contributed by atoms with van der Waals surface area (Å²) in [6, 6.07) is 6.12. The molecule has 1 saturated carbocycles. The van der Waals surface area contributed by atoms with E-state index in [1.807, 2.05) is 24.4 Å². The summed E-state index contributed by atoms with van der Waals surface area (Å²) < 4.78 is 19.7. The molecule has 176 valence electrons. The molecule has 5 rings (SSSR count). The standard InChI is InChI=1S/C26H34N4O3/c1-25(2)15-29(16-25)11-5-6-19-7-10-21(23(12-19)33-20-8-9-20)22-13-30(28-27-22)14-24-31-17-26(3,4)18-32-24/h7,10,12-13,20,24H,8-9,11,14-18H2,1-4H3. The molecule has 3 aliphatic rings. The van der Waals surface area contributed by atoms with E-state index in [0.717, 1.165) is 55.0 Å². The van der Waals surface area contributed by atoms with Gasteiger partial charge in [0.1, 0.15) is 11.4 Å². The lowest BCUT2D eigenvalue weighted by atomic mass is 9.84. The molecular formula is C26H34N4O3. The quantitative estimate of drug-likeness (QED) is 0.627. The highest BCUT2D eigenvalue weighted by Crippen LogP contribution is 2.35. The van der Waals surface area contributed by atoms with E-state index < -0.39 is 0 Å². The average Bonchev–Trinajstić information content (AvgIpc) is 3.43. The number of hydrogen-bond acceptors (Lipinski definition) is 6. The maximum Gasteiger partial charge on any atom is 0.177 e. The summed E-state index contributed by atoms with van der Waals surface area (Å²) in [5.41, 5.74) is 3.17. The molecule has 7 nitrogen and oxygen atoms in total. The number of hydrogen-bond donors (Lipinski definition) is 0. The Morgan fingerprint density at radius 1 is 1.09 bits per heavy atom. The SMILES string of the molecule is CC1(C)COC(Cn2cc(-c3ccc(C#CCN4CC(C)(C)C4)cc3OC3CC3)nn2)OC1. The van der Waals surface area contributed by atoms with Crippen LogP contribution in [0.15, 0.2) is 24.4 Å². The van der Waals surface area contributed by atoms with Crippen molar-refractivity contribution in [2.45, 2.75) is 59.5 Å². The van der Waals surface area contributed by atoms with Crippen LogP contribution in [-0.4, -0.2) is 65.1 Å². The minimum absolute atomic E-state index is 0.0512. The van der Waals surface area contributed by atoms with Crippen molar-refractivity contribution >= 4 is 0 Å². The van der Waals surface area contributed by atoms with Gasteiger partial charge in [0, 0.05) is 29.6 Å². The van der Waals surface area contributed by atoms with Crippen molar-refractivity contribution < 1.29 is 14.2 Å². The van der Waals surface area contributed by atoms with Crippen LogP contribution in [-0.2, 0) is 16.0 Å². The second kappa shape index (κ2) is 8.75. The summed E-state index contributed by atoms with van der Waals surface area (Å²) in [7, 11) is 0. The minimum atomic E-state index is -0.301. The molecule has 1 aliphatic carbocycles. The van der Waals surface area contributed by atoms with E-state index >= 15 is 0 Å². The fraction of sp³-hybridized carbons (Fsp3) is 0.615. The fourth-order valence-corrected chi connectivity index (χ4v) is 4.30. The number of ether oxygens (including phenoxy) is 3. The number of nitrogens with zero attached hydrogens (tertiary/aromatic N) is 4. The summed E-state index contributed by atoms with van der Waals surface area (Å²) >= 11 is 0. The summed E-state index contributed by atoms with van der Waals surface area (Å²) in [5, 5.41) is 8.69. The van der Waals surface area contributed by atoms with Crippen molar-refractivity contribution in [3.05, 3.63) is 30.0 Å². The van der Waals surface area contributed by atoms with Crippen LogP contribution < -0.4 is 4.74 Å². The molecule has 0 N–H and O–H groups in total. The zero-order valence-electron chi connectivity index (χ0n) is 20.1. The molecule has 2 saturated heterocycles. The van der Waals surface area contributed by atoms with Crippen molar-refractivity contribution in [1.82, 2.24) is 19.9 Å². The van der Waals surface area contributed by atoms with Gasteiger partial charge in [-0.25, -0.2) is 4.68 Å². The lowest BCUT2D eigenvalue weighted by Gasteiger charge is -2.44.